The zero-order valence-electron chi connectivity index (χ0n) is 12.5. The van der Waals surface area contributed by atoms with E-state index in [1.54, 1.807) is 0 Å². The maximum absolute atomic E-state index is 5.96. The highest BCUT2D eigenvalue weighted by atomic mass is 35.5. The molecule has 3 heterocycles. The highest BCUT2D eigenvalue weighted by Gasteiger charge is 2.02. The van der Waals surface area contributed by atoms with Crippen molar-refractivity contribution < 1.29 is 0 Å². The summed E-state index contributed by atoms with van der Waals surface area (Å²) in [6.45, 7) is 1.60. The Morgan fingerprint density at radius 2 is 1.71 bits per heavy atom. The second-order valence-corrected chi connectivity index (χ2v) is 8.25. The largest absolute Gasteiger partial charge is 0.353 e. The molecule has 24 heavy (non-hydrogen) atoms. The second-order valence-electron chi connectivity index (χ2n) is 4.76. The summed E-state index contributed by atoms with van der Waals surface area (Å²) < 4.78 is 1.53. The number of aliphatic imine (C=N–C) groups is 1. The van der Waals surface area contributed by atoms with E-state index in [4.69, 9.17) is 23.2 Å². The highest BCUT2D eigenvalue weighted by Crippen LogP contribution is 2.23. The molecule has 2 N–H and O–H groups in total. The third-order valence-electron chi connectivity index (χ3n) is 2.99. The van der Waals surface area contributed by atoms with Gasteiger partial charge in [-0.1, -0.05) is 23.2 Å². The van der Waals surface area contributed by atoms with Crippen molar-refractivity contribution in [2.75, 3.05) is 13.1 Å². The molecule has 0 amide bonds. The Morgan fingerprint density at radius 1 is 1.08 bits per heavy atom. The zero-order chi connectivity index (χ0) is 16.8. The van der Waals surface area contributed by atoms with E-state index in [1.165, 1.54) is 22.7 Å². The number of nitrogens with one attached hydrogen (secondary N) is 2. The van der Waals surface area contributed by atoms with Crippen LogP contribution in [-0.4, -0.2) is 24.8 Å². The molecule has 4 nitrogen and oxygen atoms in total. The Kier molecular flexibility index (Phi) is 6.09. The van der Waals surface area contributed by atoms with Gasteiger partial charge in [0, 0.05) is 16.3 Å². The molecule has 0 aromatic carbocycles. The van der Waals surface area contributed by atoms with E-state index < -0.39 is 0 Å². The standard InChI is InChI=1S/C16H14Cl2N4S2/c17-14-7-5-12(23-14)3-1-11(21-22-16-19-9-10-20-16)2-4-13-6-8-15(18)24-13/h1-8H,9-10H2,(H2,19,20,22)/b3-1+,4-2+. The van der Waals surface area contributed by atoms with Gasteiger partial charge in [0.2, 0.25) is 5.96 Å². The Labute approximate surface area is 158 Å². The van der Waals surface area contributed by atoms with Crippen LogP contribution in [0.1, 0.15) is 9.75 Å². The zero-order valence-corrected chi connectivity index (χ0v) is 15.6. The number of rotatable bonds is 5. The van der Waals surface area contributed by atoms with E-state index >= 15 is 0 Å². The molecular weight excluding hydrogens is 383 g/mol. The van der Waals surface area contributed by atoms with Gasteiger partial charge in [-0.15, -0.1) is 22.7 Å². The molecule has 0 aliphatic carbocycles. The number of guanidine groups is 1. The van der Waals surface area contributed by atoms with Crippen LogP contribution in [0.25, 0.3) is 12.2 Å². The fraction of sp³-hybridized carbons (Fsp3) is 0.125. The van der Waals surface area contributed by atoms with Crippen molar-refractivity contribution in [3.05, 3.63) is 54.8 Å². The molecule has 0 spiro atoms. The molecule has 0 bridgehead atoms. The van der Waals surface area contributed by atoms with Gasteiger partial charge in [-0.3, -0.25) is 0 Å². The summed E-state index contributed by atoms with van der Waals surface area (Å²) >= 11 is 15.0. The van der Waals surface area contributed by atoms with Crippen molar-refractivity contribution in [1.82, 2.24) is 10.7 Å². The predicted octanol–water partition coefficient (Wildman–Crippen LogP) is 4.75. The molecule has 0 saturated carbocycles. The summed E-state index contributed by atoms with van der Waals surface area (Å²) in [4.78, 5) is 6.39. The van der Waals surface area contributed by atoms with Crippen LogP contribution in [0.15, 0.2) is 46.5 Å². The first-order valence-corrected chi connectivity index (χ1v) is 9.57. The molecular formula is C16H14Cl2N4S2. The fourth-order valence-corrected chi connectivity index (χ4v) is 3.82. The number of allylic oxidation sites excluding steroid dienone is 2. The average Bonchev–Trinajstić information content (AvgIpc) is 3.29. The maximum atomic E-state index is 5.96. The van der Waals surface area contributed by atoms with E-state index in [2.05, 4.69) is 20.8 Å². The number of thiophene rings is 2. The minimum Gasteiger partial charge on any atom is -0.353 e. The van der Waals surface area contributed by atoms with Crippen molar-refractivity contribution in [2.45, 2.75) is 0 Å². The molecule has 2 aromatic rings. The maximum Gasteiger partial charge on any atom is 0.212 e. The van der Waals surface area contributed by atoms with Crippen LogP contribution in [0.5, 0.6) is 0 Å². The lowest BCUT2D eigenvalue weighted by Gasteiger charge is -2.01. The van der Waals surface area contributed by atoms with E-state index in [-0.39, 0.29) is 0 Å². The first-order valence-electron chi connectivity index (χ1n) is 7.18. The summed E-state index contributed by atoms with van der Waals surface area (Å²) in [5.41, 5.74) is 3.71. The van der Waals surface area contributed by atoms with E-state index in [9.17, 15) is 0 Å². The lowest BCUT2D eigenvalue weighted by molar-refractivity contribution is 0.918. The number of nitrogens with zero attached hydrogens (tertiary/aromatic N) is 2. The van der Waals surface area contributed by atoms with Gasteiger partial charge < -0.3 is 5.32 Å². The molecule has 0 saturated heterocycles. The van der Waals surface area contributed by atoms with Crippen LogP contribution in [0.3, 0.4) is 0 Å². The van der Waals surface area contributed by atoms with E-state index in [0.717, 1.165) is 37.2 Å². The smallest absolute Gasteiger partial charge is 0.212 e. The molecule has 8 heteroatoms. The van der Waals surface area contributed by atoms with Crippen LogP contribution in [0.4, 0.5) is 0 Å². The SMILES string of the molecule is Clc1ccc(/C=C/C(/C=C/c2ccc(Cl)s2)=NNC2=NCCN2)s1. The third-order valence-corrected chi connectivity index (χ3v) is 5.38. The van der Waals surface area contributed by atoms with Crippen LogP contribution in [-0.2, 0) is 0 Å². The summed E-state index contributed by atoms with van der Waals surface area (Å²) in [7, 11) is 0. The monoisotopic (exact) mass is 396 g/mol. The number of hydrogen-bond donors (Lipinski definition) is 2. The van der Waals surface area contributed by atoms with Crippen molar-refractivity contribution in [3.8, 4) is 0 Å². The van der Waals surface area contributed by atoms with Gasteiger partial charge in [0.15, 0.2) is 0 Å². The van der Waals surface area contributed by atoms with Gasteiger partial charge in [-0.2, -0.15) is 5.10 Å². The first-order chi connectivity index (χ1) is 11.7. The minimum atomic E-state index is 0.688. The number of halogens is 2. The fourth-order valence-electron chi connectivity index (χ4n) is 1.89. The lowest BCUT2D eigenvalue weighted by Crippen LogP contribution is -2.30. The molecule has 0 radical (unpaired) electrons. The van der Waals surface area contributed by atoms with Crippen LogP contribution < -0.4 is 10.7 Å². The van der Waals surface area contributed by atoms with Gasteiger partial charge in [0.25, 0.3) is 0 Å². The topological polar surface area (TPSA) is 48.8 Å². The van der Waals surface area contributed by atoms with Crippen molar-refractivity contribution >= 4 is 69.7 Å². The summed E-state index contributed by atoms with van der Waals surface area (Å²) in [6.07, 6.45) is 7.81. The van der Waals surface area contributed by atoms with Crippen molar-refractivity contribution in [1.29, 1.82) is 0 Å². The second kappa shape index (κ2) is 8.48. The molecule has 124 valence electrons. The van der Waals surface area contributed by atoms with Gasteiger partial charge in [0.1, 0.15) is 0 Å². The predicted molar refractivity (Wildman–Crippen MR) is 108 cm³/mol. The average molecular weight is 397 g/mol. The minimum absolute atomic E-state index is 0.688. The van der Waals surface area contributed by atoms with Crippen LogP contribution in [0.2, 0.25) is 8.67 Å². The van der Waals surface area contributed by atoms with Gasteiger partial charge in [-0.25, -0.2) is 10.4 Å². The van der Waals surface area contributed by atoms with Crippen LogP contribution in [0, 0.1) is 0 Å². The Bertz CT molecular complexity index is 765. The van der Waals surface area contributed by atoms with Gasteiger partial charge in [0.05, 0.1) is 20.9 Å². The highest BCUT2D eigenvalue weighted by molar-refractivity contribution is 7.17. The van der Waals surface area contributed by atoms with Gasteiger partial charge >= 0.3 is 0 Å². The molecule has 1 aliphatic heterocycles. The molecule has 2 aromatic heterocycles. The Morgan fingerprint density at radius 3 is 2.17 bits per heavy atom. The Balaban J connectivity index is 1.75. The first kappa shape index (κ1) is 17.2. The number of hydrazone groups is 1. The summed E-state index contributed by atoms with van der Waals surface area (Å²) in [5.74, 6) is 0.688. The Hall–Kier alpha value is -1.60. The molecule has 1 aliphatic rings. The summed E-state index contributed by atoms with van der Waals surface area (Å²) in [5, 5.41) is 7.51. The quantitative estimate of drug-likeness (QED) is 0.565. The normalized spacial score (nSPS) is 14.2. The molecule has 0 unspecified atom stereocenters. The third kappa shape index (κ3) is 5.21. The molecule has 0 atom stereocenters. The van der Waals surface area contributed by atoms with Crippen LogP contribution >= 0.6 is 45.9 Å². The number of hydrogen-bond acceptors (Lipinski definition) is 6. The van der Waals surface area contributed by atoms with Crippen molar-refractivity contribution in [2.24, 2.45) is 10.1 Å². The molecule has 3 rings (SSSR count). The lowest BCUT2D eigenvalue weighted by atomic mass is 10.2. The van der Waals surface area contributed by atoms with E-state index in [0.29, 0.717) is 5.96 Å². The van der Waals surface area contributed by atoms with E-state index in [1.807, 2.05) is 48.6 Å². The van der Waals surface area contributed by atoms with Gasteiger partial charge in [-0.05, 0) is 48.6 Å². The molecule has 0 fully saturated rings. The van der Waals surface area contributed by atoms with Crippen molar-refractivity contribution in [3.63, 3.8) is 0 Å². The summed E-state index contributed by atoms with van der Waals surface area (Å²) in [6, 6.07) is 7.70.